The lowest BCUT2D eigenvalue weighted by atomic mass is 10.2. The lowest BCUT2D eigenvalue weighted by Crippen LogP contribution is -2.10. The van der Waals surface area contributed by atoms with E-state index in [9.17, 15) is 0 Å². The molecule has 0 aliphatic rings. The number of aromatic nitrogens is 3. The number of ether oxygens (including phenoxy) is 1. The maximum atomic E-state index is 5.79. The average molecular weight is 238 g/mol. The molecule has 1 unspecified atom stereocenters. The van der Waals surface area contributed by atoms with Gasteiger partial charge in [0.05, 0.1) is 6.04 Å². The Hall–Kier alpha value is -1.73. The molecule has 0 saturated carbocycles. The molecule has 0 fully saturated rings. The molecule has 0 aliphatic carbocycles. The second-order valence-electron chi connectivity index (χ2n) is 3.58. The van der Waals surface area contributed by atoms with E-state index >= 15 is 0 Å². The number of nitrogens with zero attached hydrogens (tertiary/aromatic N) is 3. The minimum absolute atomic E-state index is 0.224. The van der Waals surface area contributed by atoms with Crippen molar-refractivity contribution in [3.8, 4) is 11.6 Å². The number of hydrogen-bond acceptors (Lipinski definition) is 7. The van der Waals surface area contributed by atoms with E-state index in [2.05, 4.69) is 15.3 Å². The summed E-state index contributed by atoms with van der Waals surface area (Å²) in [6.45, 7) is 2.30. The van der Waals surface area contributed by atoms with E-state index in [0.717, 1.165) is 6.42 Å². The molecule has 0 bridgehead atoms. The minimum Gasteiger partial charge on any atom is -0.377 e. The minimum atomic E-state index is -0.224. The molecule has 0 aliphatic heterocycles. The molecule has 0 aromatic carbocycles. The van der Waals surface area contributed by atoms with Gasteiger partial charge in [0, 0.05) is 13.2 Å². The van der Waals surface area contributed by atoms with Crippen LogP contribution in [0.4, 0.5) is 0 Å². The van der Waals surface area contributed by atoms with E-state index < -0.39 is 0 Å². The van der Waals surface area contributed by atoms with Crippen molar-refractivity contribution in [2.75, 3.05) is 7.11 Å². The third-order valence-electron chi connectivity index (χ3n) is 2.28. The summed E-state index contributed by atoms with van der Waals surface area (Å²) < 4.78 is 15.0. The highest BCUT2D eigenvalue weighted by molar-refractivity contribution is 5.45. The Kier molecular flexibility index (Phi) is 3.50. The van der Waals surface area contributed by atoms with E-state index in [4.69, 9.17) is 19.5 Å². The van der Waals surface area contributed by atoms with Crippen LogP contribution < -0.4 is 5.73 Å². The predicted octanol–water partition coefficient (Wildman–Crippen LogP) is 1.28. The summed E-state index contributed by atoms with van der Waals surface area (Å²) in [5, 5.41) is 7.61. The van der Waals surface area contributed by atoms with Crippen molar-refractivity contribution in [3.63, 3.8) is 0 Å². The lowest BCUT2D eigenvalue weighted by molar-refractivity contribution is 0.156. The molecule has 0 amide bonds. The fraction of sp³-hybridized carbons (Fsp3) is 0.500. The summed E-state index contributed by atoms with van der Waals surface area (Å²) in [5.74, 6) is 1.37. The average Bonchev–Trinajstić information content (AvgIpc) is 2.96. The maximum Gasteiger partial charge on any atom is 0.280 e. The molecule has 2 aromatic rings. The fourth-order valence-electron chi connectivity index (χ4n) is 1.30. The van der Waals surface area contributed by atoms with Crippen LogP contribution in [-0.4, -0.2) is 22.4 Å². The molecule has 7 nitrogen and oxygen atoms in total. The zero-order valence-corrected chi connectivity index (χ0v) is 9.71. The highest BCUT2D eigenvalue weighted by Crippen LogP contribution is 2.19. The quantitative estimate of drug-likeness (QED) is 0.837. The monoisotopic (exact) mass is 238 g/mol. The van der Waals surface area contributed by atoms with Gasteiger partial charge in [0.2, 0.25) is 0 Å². The molecule has 2 rings (SSSR count). The van der Waals surface area contributed by atoms with Gasteiger partial charge >= 0.3 is 0 Å². The summed E-state index contributed by atoms with van der Waals surface area (Å²) in [7, 11) is 1.58. The van der Waals surface area contributed by atoms with Crippen molar-refractivity contribution >= 4 is 0 Å². The first kappa shape index (κ1) is 11.7. The standard InChI is InChI=1S/C10H14N4O3/c1-3-7(11)9-12-10(17-14-9)8-4-6(5-15-2)16-13-8/h4,7H,3,5,11H2,1-2H3. The Morgan fingerprint density at radius 3 is 2.94 bits per heavy atom. The van der Waals surface area contributed by atoms with Gasteiger partial charge in [-0.15, -0.1) is 0 Å². The van der Waals surface area contributed by atoms with Crippen LogP contribution in [0, 0.1) is 0 Å². The van der Waals surface area contributed by atoms with Gasteiger partial charge in [-0.05, 0) is 6.42 Å². The molecule has 0 radical (unpaired) electrons. The van der Waals surface area contributed by atoms with E-state index in [1.807, 2.05) is 6.92 Å². The van der Waals surface area contributed by atoms with Crippen molar-refractivity contribution in [2.24, 2.45) is 5.73 Å². The largest absolute Gasteiger partial charge is 0.377 e. The Balaban J connectivity index is 2.18. The molecule has 17 heavy (non-hydrogen) atoms. The van der Waals surface area contributed by atoms with Crippen LogP contribution >= 0.6 is 0 Å². The number of hydrogen-bond donors (Lipinski definition) is 1. The molecule has 2 N–H and O–H groups in total. The van der Waals surface area contributed by atoms with E-state index in [-0.39, 0.29) is 6.04 Å². The Labute approximate surface area is 97.9 Å². The van der Waals surface area contributed by atoms with Crippen molar-refractivity contribution in [1.82, 2.24) is 15.3 Å². The van der Waals surface area contributed by atoms with Crippen molar-refractivity contribution in [1.29, 1.82) is 0 Å². The fourth-order valence-corrected chi connectivity index (χ4v) is 1.30. The molecule has 2 heterocycles. The zero-order valence-electron chi connectivity index (χ0n) is 9.71. The Bertz CT molecular complexity index is 479. The summed E-state index contributed by atoms with van der Waals surface area (Å²) in [4.78, 5) is 4.16. The molecule has 7 heteroatoms. The smallest absolute Gasteiger partial charge is 0.280 e. The molecule has 1 atom stereocenters. The van der Waals surface area contributed by atoms with Crippen LogP contribution in [0.15, 0.2) is 15.1 Å². The molecular formula is C10H14N4O3. The first-order valence-electron chi connectivity index (χ1n) is 5.28. The van der Waals surface area contributed by atoms with Crippen LogP contribution in [0.3, 0.4) is 0 Å². The molecular weight excluding hydrogens is 224 g/mol. The van der Waals surface area contributed by atoms with Gasteiger partial charge in [-0.1, -0.05) is 17.2 Å². The molecule has 2 aromatic heterocycles. The van der Waals surface area contributed by atoms with Crippen LogP contribution in [0.5, 0.6) is 0 Å². The van der Waals surface area contributed by atoms with Crippen LogP contribution in [-0.2, 0) is 11.3 Å². The third-order valence-corrected chi connectivity index (χ3v) is 2.28. The van der Waals surface area contributed by atoms with E-state index in [1.165, 1.54) is 0 Å². The lowest BCUT2D eigenvalue weighted by Gasteiger charge is -1.98. The maximum absolute atomic E-state index is 5.79. The topological polar surface area (TPSA) is 100 Å². The van der Waals surface area contributed by atoms with Gasteiger partial charge in [0.1, 0.15) is 6.61 Å². The van der Waals surface area contributed by atoms with Gasteiger partial charge in [-0.25, -0.2) is 0 Å². The second-order valence-corrected chi connectivity index (χ2v) is 3.58. The normalized spacial score (nSPS) is 12.9. The number of methoxy groups -OCH3 is 1. The Morgan fingerprint density at radius 1 is 1.41 bits per heavy atom. The zero-order chi connectivity index (χ0) is 12.3. The molecule has 0 spiro atoms. The predicted molar refractivity (Wildman–Crippen MR) is 57.7 cm³/mol. The van der Waals surface area contributed by atoms with Crippen LogP contribution in [0.25, 0.3) is 11.6 Å². The third kappa shape index (κ3) is 2.51. The second kappa shape index (κ2) is 5.07. The summed E-state index contributed by atoms with van der Waals surface area (Å²) in [5.41, 5.74) is 6.28. The highest BCUT2D eigenvalue weighted by atomic mass is 16.5. The van der Waals surface area contributed by atoms with Crippen molar-refractivity contribution < 1.29 is 13.8 Å². The van der Waals surface area contributed by atoms with E-state index in [1.54, 1.807) is 13.2 Å². The van der Waals surface area contributed by atoms with Crippen LogP contribution in [0.1, 0.15) is 31.0 Å². The van der Waals surface area contributed by atoms with Gasteiger partial charge in [-0.3, -0.25) is 0 Å². The Morgan fingerprint density at radius 2 is 2.24 bits per heavy atom. The van der Waals surface area contributed by atoms with Gasteiger partial charge in [0.15, 0.2) is 17.3 Å². The summed E-state index contributed by atoms with van der Waals surface area (Å²) in [6, 6.07) is 1.47. The van der Waals surface area contributed by atoms with Crippen molar-refractivity contribution in [3.05, 3.63) is 17.7 Å². The van der Waals surface area contributed by atoms with Crippen molar-refractivity contribution in [2.45, 2.75) is 26.0 Å². The van der Waals surface area contributed by atoms with Crippen LogP contribution in [0.2, 0.25) is 0 Å². The van der Waals surface area contributed by atoms with Gasteiger partial charge in [0.25, 0.3) is 5.89 Å². The SMILES string of the molecule is CCC(N)c1noc(-c2cc(COC)on2)n1. The first-order chi connectivity index (χ1) is 8.24. The van der Waals surface area contributed by atoms with Gasteiger partial charge < -0.3 is 19.5 Å². The summed E-state index contributed by atoms with van der Waals surface area (Å²) in [6.07, 6.45) is 0.743. The van der Waals surface area contributed by atoms with E-state index in [0.29, 0.717) is 29.8 Å². The number of nitrogens with two attached hydrogens (primary N) is 1. The summed E-state index contributed by atoms with van der Waals surface area (Å²) >= 11 is 0. The first-order valence-corrected chi connectivity index (χ1v) is 5.28. The molecule has 92 valence electrons. The highest BCUT2D eigenvalue weighted by Gasteiger charge is 2.16. The molecule has 0 saturated heterocycles. The number of rotatable bonds is 5. The van der Waals surface area contributed by atoms with Gasteiger partial charge in [-0.2, -0.15) is 4.98 Å².